The van der Waals surface area contributed by atoms with Gasteiger partial charge in [-0.1, -0.05) is 12.1 Å². The topological polar surface area (TPSA) is 126 Å². The third-order valence-corrected chi connectivity index (χ3v) is 5.14. The summed E-state index contributed by atoms with van der Waals surface area (Å²) in [6, 6.07) is 11.4. The average Bonchev–Trinajstić information content (AvgIpc) is 3.15. The van der Waals surface area contributed by atoms with Crippen LogP contribution in [0.15, 0.2) is 55.0 Å². The van der Waals surface area contributed by atoms with Gasteiger partial charge in [-0.2, -0.15) is 0 Å². The smallest absolute Gasteiger partial charge is 0.270 e. The fraction of sp³-hybridized carbons (Fsp3) is 0.174. The molecule has 0 radical (unpaired) electrons. The van der Waals surface area contributed by atoms with E-state index in [2.05, 4.69) is 23.8 Å². The van der Waals surface area contributed by atoms with Crippen molar-refractivity contribution in [2.75, 3.05) is 5.73 Å². The lowest BCUT2D eigenvalue weighted by Gasteiger charge is -2.10. The fourth-order valence-electron chi connectivity index (χ4n) is 3.55. The lowest BCUT2D eigenvalue weighted by atomic mass is 10.1. The highest BCUT2D eigenvalue weighted by molar-refractivity contribution is 6.00. The predicted molar refractivity (Wildman–Crippen MR) is 121 cm³/mol. The highest BCUT2D eigenvalue weighted by Crippen LogP contribution is 2.36. The van der Waals surface area contributed by atoms with Crippen molar-refractivity contribution in [1.29, 1.82) is 0 Å². The molecule has 2 N–H and O–H groups in total. The van der Waals surface area contributed by atoms with Crippen LogP contribution in [0.4, 0.5) is 11.5 Å². The second-order valence-corrected chi connectivity index (χ2v) is 7.62. The number of nitro groups is 1. The van der Waals surface area contributed by atoms with Crippen LogP contribution in [0.3, 0.4) is 0 Å². The van der Waals surface area contributed by atoms with Gasteiger partial charge in [-0.15, -0.1) is 0 Å². The number of carbonyl (C=O) groups is 1. The molecule has 0 fully saturated rings. The number of rotatable bonds is 6. The number of fused-ring (bicyclic) bond motifs is 1. The number of nitrogens with zero attached hydrogens (tertiary/aromatic N) is 4. The Labute approximate surface area is 183 Å². The van der Waals surface area contributed by atoms with Gasteiger partial charge in [0.15, 0.2) is 5.78 Å². The number of hydrogen-bond acceptors (Lipinski definition) is 7. The Morgan fingerprint density at radius 1 is 1.16 bits per heavy atom. The van der Waals surface area contributed by atoms with Gasteiger partial charge in [0.1, 0.15) is 29.3 Å². The maximum atomic E-state index is 12.0. The van der Waals surface area contributed by atoms with E-state index in [0.717, 1.165) is 22.2 Å². The zero-order valence-electron chi connectivity index (χ0n) is 17.8. The van der Waals surface area contributed by atoms with Gasteiger partial charge in [0, 0.05) is 29.9 Å². The van der Waals surface area contributed by atoms with Crippen molar-refractivity contribution in [3.8, 4) is 22.6 Å². The predicted octanol–water partition coefficient (Wildman–Crippen LogP) is 5.16. The Bertz CT molecular complexity index is 1340. The van der Waals surface area contributed by atoms with Crippen LogP contribution in [0.1, 0.15) is 37.2 Å². The minimum absolute atomic E-state index is 0.146. The van der Waals surface area contributed by atoms with Crippen molar-refractivity contribution in [3.63, 3.8) is 0 Å². The Balaban J connectivity index is 1.70. The lowest BCUT2D eigenvalue weighted by molar-refractivity contribution is -0.384. The van der Waals surface area contributed by atoms with Crippen LogP contribution in [-0.4, -0.2) is 25.2 Å². The van der Waals surface area contributed by atoms with Gasteiger partial charge in [0.25, 0.3) is 5.69 Å². The van der Waals surface area contributed by atoms with Crippen LogP contribution < -0.4 is 10.5 Å². The first-order valence-electron chi connectivity index (χ1n) is 9.95. The Morgan fingerprint density at radius 2 is 1.88 bits per heavy atom. The molecule has 9 heteroatoms. The normalized spacial score (nSPS) is 11.1. The molecule has 9 nitrogen and oxygen atoms in total. The molecule has 2 heterocycles. The number of hydrogen-bond donors (Lipinski definition) is 1. The van der Waals surface area contributed by atoms with Gasteiger partial charge in [0.2, 0.25) is 0 Å². The van der Waals surface area contributed by atoms with Gasteiger partial charge < -0.3 is 15.0 Å². The number of ether oxygens (including phenoxy) is 1. The number of ketones is 1. The highest BCUT2D eigenvalue weighted by Gasteiger charge is 2.18. The van der Waals surface area contributed by atoms with Gasteiger partial charge in [-0.25, -0.2) is 9.97 Å². The van der Waals surface area contributed by atoms with Crippen molar-refractivity contribution in [3.05, 3.63) is 70.7 Å². The van der Waals surface area contributed by atoms with Crippen LogP contribution in [-0.2, 0) is 0 Å². The van der Waals surface area contributed by atoms with E-state index in [9.17, 15) is 14.9 Å². The van der Waals surface area contributed by atoms with E-state index in [0.29, 0.717) is 11.6 Å². The molecular weight excluding hydrogens is 410 g/mol. The largest absolute Gasteiger partial charge is 0.457 e. The number of nitrogens with two attached hydrogens (primary N) is 1. The summed E-state index contributed by atoms with van der Waals surface area (Å²) in [4.78, 5) is 30.9. The number of aromatic nitrogens is 3. The molecule has 0 atom stereocenters. The van der Waals surface area contributed by atoms with Gasteiger partial charge in [0.05, 0.1) is 15.9 Å². The van der Waals surface area contributed by atoms with E-state index < -0.39 is 4.92 Å². The summed E-state index contributed by atoms with van der Waals surface area (Å²) in [7, 11) is 0. The number of anilines is 1. The first-order valence-corrected chi connectivity index (χ1v) is 9.95. The second kappa shape index (κ2) is 8.10. The SMILES string of the molecule is CC(=O)c1cc([N+](=O)[O-])ccc1Oc1ccc(-c2cn(C(C)C)c3ncnc(N)c23)cc1. The molecule has 32 heavy (non-hydrogen) atoms. The summed E-state index contributed by atoms with van der Waals surface area (Å²) in [6.07, 6.45) is 3.45. The summed E-state index contributed by atoms with van der Waals surface area (Å²) in [5, 5.41) is 11.8. The molecule has 2 aromatic carbocycles. The van der Waals surface area contributed by atoms with Gasteiger partial charge in [-0.05, 0) is 44.5 Å². The summed E-state index contributed by atoms with van der Waals surface area (Å²) >= 11 is 0. The quantitative estimate of drug-likeness (QED) is 0.254. The number of Topliss-reactive ketones (excluding diaryl/α,β-unsaturated/α-hetero) is 1. The molecule has 0 spiro atoms. The molecule has 0 amide bonds. The number of nitrogen functional groups attached to an aromatic ring is 1. The molecule has 4 rings (SSSR count). The molecule has 0 aliphatic carbocycles. The zero-order valence-corrected chi connectivity index (χ0v) is 17.8. The molecule has 2 aromatic heterocycles. The summed E-state index contributed by atoms with van der Waals surface area (Å²) in [5.41, 5.74) is 8.69. The van der Waals surface area contributed by atoms with Crippen molar-refractivity contribution < 1.29 is 14.5 Å². The monoisotopic (exact) mass is 431 g/mol. The van der Waals surface area contributed by atoms with Crippen molar-refractivity contribution in [1.82, 2.24) is 14.5 Å². The van der Waals surface area contributed by atoms with Crippen LogP contribution in [0.2, 0.25) is 0 Å². The first kappa shape index (κ1) is 21.0. The first-order chi connectivity index (χ1) is 15.3. The van der Waals surface area contributed by atoms with Crippen molar-refractivity contribution in [2.24, 2.45) is 0 Å². The van der Waals surface area contributed by atoms with Crippen LogP contribution in [0.5, 0.6) is 11.5 Å². The highest BCUT2D eigenvalue weighted by atomic mass is 16.6. The number of benzene rings is 2. The van der Waals surface area contributed by atoms with Gasteiger partial charge in [-0.3, -0.25) is 14.9 Å². The van der Waals surface area contributed by atoms with E-state index in [1.165, 1.54) is 31.5 Å². The van der Waals surface area contributed by atoms with E-state index >= 15 is 0 Å². The fourth-order valence-corrected chi connectivity index (χ4v) is 3.55. The molecule has 0 saturated carbocycles. The lowest BCUT2D eigenvalue weighted by Crippen LogP contribution is -2.00. The Kier molecular flexibility index (Phi) is 5.31. The van der Waals surface area contributed by atoms with E-state index in [1.54, 1.807) is 12.1 Å². The molecule has 0 aliphatic heterocycles. The minimum atomic E-state index is -0.548. The van der Waals surface area contributed by atoms with Crippen LogP contribution in [0.25, 0.3) is 22.2 Å². The Morgan fingerprint density at radius 3 is 2.50 bits per heavy atom. The number of carbonyl (C=O) groups excluding carboxylic acids is 1. The molecule has 0 unspecified atom stereocenters. The molecule has 162 valence electrons. The van der Waals surface area contributed by atoms with Crippen molar-refractivity contribution >= 4 is 28.3 Å². The maximum absolute atomic E-state index is 12.0. The number of nitro benzene ring substituents is 1. The van der Waals surface area contributed by atoms with Crippen molar-refractivity contribution in [2.45, 2.75) is 26.8 Å². The summed E-state index contributed by atoms with van der Waals surface area (Å²) in [5.74, 6) is 0.825. The third kappa shape index (κ3) is 3.76. The minimum Gasteiger partial charge on any atom is -0.457 e. The second-order valence-electron chi connectivity index (χ2n) is 7.62. The summed E-state index contributed by atoms with van der Waals surface area (Å²) < 4.78 is 7.90. The van der Waals surface area contributed by atoms with Crippen LogP contribution >= 0.6 is 0 Å². The van der Waals surface area contributed by atoms with E-state index in [-0.39, 0.29) is 28.8 Å². The molecular formula is C23H21N5O4. The van der Waals surface area contributed by atoms with Gasteiger partial charge >= 0.3 is 0 Å². The molecule has 0 saturated heterocycles. The third-order valence-electron chi connectivity index (χ3n) is 5.14. The Hall–Kier alpha value is -4.27. The zero-order chi connectivity index (χ0) is 23.0. The maximum Gasteiger partial charge on any atom is 0.270 e. The summed E-state index contributed by atoms with van der Waals surface area (Å²) in [6.45, 7) is 5.47. The standard InChI is InChI=1S/C23H21N5O4/c1-13(2)27-11-19(21-22(24)25-12-26-23(21)27)15-4-7-17(8-5-15)32-20-9-6-16(28(30)31)10-18(20)14(3)29/h4-13H,1-3H3,(H2,24,25,26). The average molecular weight is 431 g/mol. The number of non-ortho nitro benzene ring substituents is 1. The molecule has 4 aromatic rings. The molecule has 0 aliphatic rings. The molecule has 0 bridgehead atoms. The van der Waals surface area contributed by atoms with Crippen LogP contribution in [0, 0.1) is 10.1 Å². The van der Waals surface area contributed by atoms with E-state index in [4.69, 9.17) is 10.5 Å². The van der Waals surface area contributed by atoms with E-state index in [1.807, 2.05) is 22.9 Å².